The van der Waals surface area contributed by atoms with Gasteiger partial charge in [0, 0.05) is 26.0 Å². The van der Waals surface area contributed by atoms with Crippen molar-refractivity contribution in [3.05, 3.63) is 47.2 Å². The van der Waals surface area contributed by atoms with Crippen LogP contribution in [0.25, 0.3) is 11.0 Å². The van der Waals surface area contributed by atoms with Crippen molar-refractivity contribution < 1.29 is 0 Å². The van der Waals surface area contributed by atoms with Crippen LogP contribution in [0.4, 0.5) is 5.95 Å². The number of imidazole rings is 1. The average Bonchev–Trinajstić information content (AvgIpc) is 2.93. The molecule has 0 aliphatic carbocycles. The maximum absolute atomic E-state index is 6.00. The molecule has 98 valence electrons. The summed E-state index contributed by atoms with van der Waals surface area (Å²) in [6.45, 7) is 0.753. The molecule has 3 rings (SSSR count). The standard InChI is InChI=1S/C14H15ClN4/c1-18-8-10(15)7-11(18)9-19(2)14-16-12-5-3-4-6-13(12)17-14/h3-8H,9H2,1-2H3,(H,16,17). The zero-order chi connectivity index (χ0) is 13.4. The van der Waals surface area contributed by atoms with Crippen LogP contribution in [-0.4, -0.2) is 21.6 Å². The summed E-state index contributed by atoms with van der Waals surface area (Å²) in [7, 11) is 4.01. The second-order valence-electron chi connectivity index (χ2n) is 4.69. The van der Waals surface area contributed by atoms with E-state index in [9.17, 15) is 0 Å². The Hall–Kier alpha value is -1.94. The number of hydrogen-bond donors (Lipinski definition) is 1. The lowest BCUT2D eigenvalue weighted by atomic mass is 10.3. The van der Waals surface area contributed by atoms with E-state index < -0.39 is 0 Å². The lowest BCUT2D eigenvalue weighted by molar-refractivity contribution is 0.778. The zero-order valence-electron chi connectivity index (χ0n) is 10.9. The molecule has 0 bridgehead atoms. The van der Waals surface area contributed by atoms with E-state index in [1.165, 1.54) is 0 Å². The molecule has 0 amide bonds. The fraction of sp³-hybridized carbons (Fsp3) is 0.214. The van der Waals surface area contributed by atoms with Gasteiger partial charge in [0.1, 0.15) is 0 Å². The minimum Gasteiger partial charge on any atom is -0.351 e. The predicted molar refractivity (Wildman–Crippen MR) is 78.6 cm³/mol. The second kappa shape index (κ2) is 4.63. The van der Waals surface area contributed by atoms with Crippen LogP contribution in [-0.2, 0) is 13.6 Å². The van der Waals surface area contributed by atoms with E-state index in [1.54, 1.807) is 0 Å². The molecular weight excluding hydrogens is 260 g/mol. The molecule has 2 heterocycles. The molecule has 0 fully saturated rings. The lowest BCUT2D eigenvalue weighted by Gasteiger charge is -2.16. The summed E-state index contributed by atoms with van der Waals surface area (Å²) in [6.07, 6.45) is 1.91. The minimum absolute atomic E-state index is 0.753. The SMILES string of the molecule is CN(Cc1cc(Cl)cn1C)c1nc2ccccc2[nH]1. The predicted octanol–water partition coefficient (Wildman–Crippen LogP) is 3.19. The summed E-state index contributed by atoms with van der Waals surface area (Å²) in [5, 5.41) is 0.760. The van der Waals surface area contributed by atoms with E-state index >= 15 is 0 Å². The molecule has 0 aliphatic rings. The van der Waals surface area contributed by atoms with Crippen molar-refractivity contribution in [1.29, 1.82) is 0 Å². The van der Waals surface area contributed by atoms with Gasteiger partial charge in [0.2, 0.25) is 5.95 Å². The molecule has 0 saturated carbocycles. The number of para-hydroxylation sites is 2. The summed E-state index contributed by atoms with van der Waals surface area (Å²) in [4.78, 5) is 9.96. The third kappa shape index (κ3) is 2.31. The summed E-state index contributed by atoms with van der Waals surface area (Å²) in [5.41, 5.74) is 3.18. The Morgan fingerprint density at radius 3 is 2.84 bits per heavy atom. The first-order valence-corrected chi connectivity index (χ1v) is 6.48. The van der Waals surface area contributed by atoms with Gasteiger partial charge < -0.3 is 14.5 Å². The molecule has 2 aromatic heterocycles. The van der Waals surface area contributed by atoms with Gasteiger partial charge in [-0.25, -0.2) is 4.98 Å². The molecule has 0 saturated heterocycles. The number of aromatic nitrogens is 3. The number of anilines is 1. The monoisotopic (exact) mass is 274 g/mol. The van der Waals surface area contributed by atoms with E-state index in [4.69, 9.17) is 11.6 Å². The molecule has 5 heteroatoms. The first-order valence-electron chi connectivity index (χ1n) is 6.10. The third-order valence-corrected chi connectivity index (χ3v) is 3.42. The van der Waals surface area contributed by atoms with Crippen molar-refractivity contribution in [2.45, 2.75) is 6.54 Å². The van der Waals surface area contributed by atoms with Gasteiger partial charge in [0.05, 0.1) is 22.6 Å². The van der Waals surface area contributed by atoms with Crippen LogP contribution in [0.1, 0.15) is 5.69 Å². The van der Waals surface area contributed by atoms with Gasteiger partial charge in [-0.15, -0.1) is 0 Å². The number of rotatable bonds is 3. The van der Waals surface area contributed by atoms with Crippen LogP contribution >= 0.6 is 11.6 Å². The van der Waals surface area contributed by atoms with Crippen LogP contribution in [0.2, 0.25) is 5.02 Å². The Labute approximate surface area is 116 Å². The molecule has 19 heavy (non-hydrogen) atoms. The summed E-state index contributed by atoms with van der Waals surface area (Å²) in [5.74, 6) is 0.860. The van der Waals surface area contributed by atoms with Crippen LogP contribution in [0.5, 0.6) is 0 Å². The molecular formula is C14H15ClN4. The van der Waals surface area contributed by atoms with E-state index in [0.717, 1.165) is 34.2 Å². The Kier molecular flexibility index (Phi) is 2.95. The van der Waals surface area contributed by atoms with E-state index in [0.29, 0.717) is 0 Å². The van der Waals surface area contributed by atoms with Gasteiger partial charge in [0.25, 0.3) is 0 Å². The highest BCUT2D eigenvalue weighted by Crippen LogP contribution is 2.19. The van der Waals surface area contributed by atoms with E-state index in [2.05, 4.69) is 14.9 Å². The molecule has 0 radical (unpaired) electrons. The van der Waals surface area contributed by atoms with Crippen LogP contribution in [0.15, 0.2) is 36.5 Å². The van der Waals surface area contributed by atoms with Crippen molar-refractivity contribution in [2.24, 2.45) is 7.05 Å². The van der Waals surface area contributed by atoms with Crippen LogP contribution in [0, 0.1) is 0 Å². The average molecular weight is 275 g/mol. The number of aromatic amines is 1. The molecule has 1 aromatic carbocycles. The Morgan fingerprint density at radius 1 is 1.37 bits per heavy atom. The zero-order valence-corrected chi connectivity index (χ0v) is 11.6. The number of H-pyrrole nitrogens is 1. The second-order valence-corrected chi connectivity index (χ2v) is 5.13. The van der Waals surface area contributed by atoms with Crippen molar-refractivity contribution >= 4 is 28.6 Å². The van der Waals surface area contributed by atoms with Gasteiger partial charge >= 0.3 is 0 Å². The quantitative estimate of drug-likeness (QED) is 0.796. The number of benzene rings is 1. The third-order valence-electron chi connectivity index (χ3n) is 3.21. The maximum atomic E-state index is 6.00. The van der Waals surface area contributed by atoms with E-state index in [-0.39, 0.29) is 0 Å². The van der Waals surface area contributed by atoms with Gasteiger partial charge in [-0.05, 0) is 18.2 Å². The first kappa shape index (κ1) is 12.1. The lowest BCUT2D eigenvalue weighted by Crippen LogP contribution is -2.19. The smallest absolute Gasteiger partial charge is 0.203 e. The molecule has 3 aromatic rings. The van der Waals surface area contributed by atoms with Crippen molar-refractivity contribution in [2.75, 3.05) is 11.9 Å². The first-order chi connectivity index (χ1) is 9.13. The Bertz CT molecular complexity index is 680. The molecule has 0 unspecified atom stereocenters. The number of nitrogens with one attached hydrogen (secondary N) is 1. The Balaban J connectivity index is 1.87. The summed E-state index contributed by atoms with van der Waals surface area (Å²) >= 11 is 6.00. The van der Waals surface area contributed by atoms with Gasteiger partial charge in [-0.1, -0.05) is 23.7 Å². The minimum atomic E-state index is 0.753. The molecule has 0 spiro atoms. The maximum Gasteiger partial charge on any atom is 0.203 e. The highest BCUT2D eigenvalue weighted by atomic mass is 35.5. The largest absolute Gasteiger partial charge is 0.351 e. The van der Waals surface area contributed by atoms with Crippen molar-refractivity contribution in [1.82, 2.24) is 14.5 Å². The number of fused-ring (bicyclic) bond motifs is 1. The number of hydrogen-bond acceptors (Lipinski definition) is 2. The highest BCUT2D eigenvalue weighted by Gasteiger charge is 2.10. The molecule has 4 nitrogen and oxygen atoms in total. The fourth-order valence-corrected chi connectivity index (χ4v) is 2.43. The van der Waals surface area contributed by atoms with Gasteiger partial charge in [0.15, 0.2) is 0 Å². The highest BCUT2D eigenvalue weighted by molar-refractivity contribution is 6.30. The molecule has 1 N–H and O–H groups in total. The van der Waals surface area contributed by atoms with Crippen LogP contribution < -0.4 is 4.90 Å². The topological polar surface area (TPSA) is 36.9 Å². The number of halogens is 1. The summed E-state index contributed by atoms with van der Waals surface area (Å²) < 4.78 is 2.03. The van der Waals surface area contributed by atoms with E-state index in [1.807, 2.05) is 55.2 Å². The van der Waals surface area contributed by atoms with Crippen molar-refractivity contribution in [3.63, 3.8) is 0 Å². The molecule has 0 aliphatic heterocycles. The normalized spacial score (nSPS) is 11.1. The van der Waals surface area contributed by atoms with Gasteiger partial charge in [-0.3, -0.25) is 0 Å². The fourth-order valence-electron chi connectivity index (χ4n) is 2.16. The van der Waals surface area contributed by atoms with Crippen LogP contribution in [0.3, 0.4) is 0 Å². The molecule has 0 atom stereocenters. The summed E-state index contributed by atoms with van der Waals surface area (Å²) in [6, 6.07) is 9.99. The van der Waals surface area contributed by atoms with Crippen molar-refractivity contribution in [3.8, 4) is 0 Å². The number of nitrogens with zero attached hydrogens (tertiary/aromatic N) is 3. The number of aryl methyl sites for hydroxylation is 1. The Morgan fingerprint density at radius 2 is 2.16 bits per heavy atom. The van der Waals surface area contributed by atoms with Gasteiger partial charge in [-0.2, -0.15) is 0 Å².